The van der Waals surface area contributed by atoms with Crippen LogP contribution in [0.15, 0.2) is 0 Å². The van der Waals surface area contributed by atoms with E-state index in [1.54, 1.807) is 0 Å². The maximum absolute atomic E-state index is 5.26. The fraction of sp³-hybridized carbons (Fsp3) is 1.00. The second kappa shape index (κ2) is 6.62. The van der Waals surface area contributed by atoms with E-state index < -0.39 is 0 Å². The van der Waals surface area contributed by atoms with Gasteiger partial charge < -0.3 is 9.64 Å². The first kappa shape index (κ1) is 10.9. The molecule has 68 valence electrons. The van der Waals surface area contributed by atoms with Gasteiger partial charge in [0.2, 0.25) is 0 Å². The van der Waals surface area contributed by atoms with Crippen molar-refractivity contribution >= 4 is 0 Å². The Balaban J connectivity index is 3.28. The van der Waals surface area contributed by atoms with Crippen molar-refractivity contribution < 1.29 is 4.74 Å². The van der Waals surface area contributed by atoms with Crippen LogP contribution in [0.1, 0.15) is 27.2 Å². The Hall–Kier alpha value is -0.0800. The second-order valence-electron chi connectivity index (χ2n) is 2.93. The maximum atomic E-state index is 5.26. The standard InChI is InChI=1S/C9H21NO/c1-5-9(3)10(4)7-8-11-6-2/h9H,5-8H2,1-4H3. The third kappa shape index (κ3) is 5.22. The van der Waals surface area contributed by atoms with E-state index in [0.717, 1.165) is 19.8 Å². The summed E-state index contributed by atoms with van der Waals surface area (Å²) in [7, 11) is 2.15. The smallest absolute Gasteiger partial charge is 0.0593 e. The summed E-state index contributed by atoms with van der Waals surface area (Å²) in [6, 6.07) is 0.676. The average molecular weight is 159 g/mol. The number of rotatable bonds is 6. The predicted molar refractivity (Wildman–Crippen MR) is 48.9 cm³/mol. The molecule has 0 aromatic rings. The van der Waals surface area contributed by atoms with Crippen molar-refractivity contribution in [2.45, 2.75) is 33.2 Å². The molecule has 0 amide bonds. The van der Waals surface area contributed by atoms with Gasteiger partial charge in [0.25, 0.3) is 0 Å². The van der Waals surface area contributed by atoms with Crippen LogP contribution < -0.4 is 0 Å². The Labute approximate surface area is 70.5 Å². The minimum absolute atomic E-state index is 0.676. The Kier molecular flexibility index (Phi) is 6.57. The van der Waals surface area contributed by atoms with Gasteiger partial charge in [0, 0.05) is 19.2 Å². The quantitative estimate of drug-likeness (QED) is 0.547. The third-order valence-corrected chi connectivity index (χ3v) is 2.14. The number of likely N-dealkylation sites (N-methyl/N-ethyl adjacent to an activating group) is 1. The summed E-state index contributed by atoms with van der Waals surface area (Å²) in [6.45, 7) is 9.21. The molecule has 2 nitrogen and oxygen atoms in total. The van der Waals surface area contributed by atoms with Gasteiger partial charge >= 0.3 is 0 Å². The second-order valence-corrected chi connectivity index (χ2v) is 2.93. The van der Waals surface area contributed by atoms with Gasteiger partial charge in [-0.3, -0.25) is 0 Å². The molecule has 0 heterocycles. The van der Waals surface area contributed by atoms with E-state index in [4.69, 9.17) is 4.74 Å². The van der Waals surface area contributed by atoms with Gasteiger partial charge in [0.1, 0.15) is 0 Å². The number of hydrogen-bond donors (Lipinski definition) is 0. The molecule has 0 aliphatic heterocycles. The van der Waals surface area contributed by atoms with Crippen LogP contribution in [0.3, 0.4) is 0 Å². The molecule has 0 saturated carbocycles. The molecule has 0 aliphatic carbocycles. The monoisotopic (exact) mass is 159 g/mol. The molecule has 0 N–H and O–H groups in total. The van der Waals surface area contributed by atoms with Crippen molar-refractivity contribution in [2.24, 2.45) is 0 Å². The van der Waals surface area contributed by atoms with E-state index in [1.165, 1.54) is 6.42 Å². The maximum Gasteiger partial charge on any atom is 0.0593 e. The minimum Gasteiger partial charge on any atom is -0.380 e. The largest absolute Gasteiger partial charge is 0.380 e. The van der Waals surface area contributed by atoms with Gasteiger partial charge in [-0.05, 0) is 27.3 Å². The van der Waals surface area contributed by atoms with E-state index in [-0.39, 0.29) is 0 Å². The molecule has 11 heavy (non-hydrogen) atoms. The van der Waals surface area contributed by atoms with Crippen LogP contribution in [0, 0.1) is 0 Å². The predicted octanol–water partition coefficient (Wildman–Crippen LogP) is 1.75. The molecule has 0 spiro atoms. The van der Waals surface area contributed by atoms with Crippen molar-refractivity contribution in [3.63, 3.8) is 0 Å². The minimum atomic E-state index is 0.676. The first-order chi connectivity index (χ1) is 5.22. The molecule has 0 aromatic carbocycles. The number of nitrogens with zero attached hydrogens (tertiary/aromatic N) is 1. The van der Waals surface area contributed by atoms with Crippen LogP contribution in [0.2, 0.25) is 0 Å². The van der Waals surface area contributed by atoms with Crippen LogP contribution in [0.5, 0.6) is 0 Å². The van der Waals surface area contributed by atoms with Crippen molar-refractivity contribution in [1.29, 1.82) is 0 Å². The van der Waals surface area contributed by atoms with Gasteiger partial charge in [-0.1, -0.05) is 6.92 Å². The molecule has 1 atom stereocenters. The summed E-state index contributed by atoms with van der Waals surface area (Å²) >= 11 is 0. The highest BCUT2D eigenvalue weighted by Crippen LogP contribution is 1.98. The lowest BCUT2D eigenvalue weighted by Gasteiger charge is -2.22. The molecule has 0 rings (SSSR count). The summed E-state index contributed by atoms with van der Waals surface area (Å²) in [4.78, 5) is 2.33. The summed E-state index contributed by atoms with van der Waals surface area (Å²) in [5, 5.41) is 0. The molecule has 2 heteroatoms. The topological polar surface area (TPSA) is 12.5 Å². The van der Waals surface area contributed by atoms with Crippen molar-refractivity contribution in [2.75, 3.05) is 26.8 Å². The van der Waals surface area contributed by atoms with Crippen LogP contribution >= 0.6 is 0 Å². The molecule has 0 aromatic heterocycles. The highest BCUT2D eigenvalue weighted by molar-refractivity contribution is 4.59. The molecule has 1 unspecified atom stereocenters. The lowest BCUT2D eigenvalue weighted by atomic mass is 10.2. The van der Waals surface area contributed by atoms with E-state index in [1.807, 2.05) is 6.92 Å². The summed E-state index contributed by atoms with van der Waals surface area (Å²) in [5.41, 5.74) is 0. The summed E-state index contributed by atoms with van der Waals surface area (Å²) in [6.07, 6.45) is 1.21. The Morgan fingerprint density at radius 3 is 2.45 bits per heavy atom. The Bertz CT molecular complexity index is 85.6. The van der Waals surface area contributed by atoms with Crippen molar-refractivity contribution in [3.8, 4) is 0 Å². The van der Waals surface area contributed by atoms with Crippen molar-refractivity contribution in [3.05, 3.63) is 0 Å². The number of hydrogen-bond acceptors (Lipinski definition) is 2. The highest BCUT2D eigenvalue weighted by atomic mass is 16.5. The average Bonchev–Trinajstić information content (AvgIpc) is 2.03. The van der Waals surface area contributed by atoms with Gasteiger partial charge in [-0.2, -0.15) is 0 Å². The Morgan fingerprint density at radius 1 is 1.36 bits per heavy atom. The molecule has 0 bridgehead atoms. The molecular weight excluding hydrogens is 138 g/mol. The van der Waals surface area contributed by atoms with Crippen LogP contribution in [0.4, 0.5) is 0 Å². The van der Waals surface area contributed by atoms with Crippen LogP contribution in [-0.4, -0.2) is 37.7 Å². The van der Waals surface area contributed by atoms with E-state index >= 15 is 0 Å². The van der Waals surface area contributed by atoms with E-state index in [2.05, 4.69) is 25.8 Å². The summed E-state index contributed by atoms with van der Waals surface area (Å²) in [5.74, 6) is 0. The third-order valence-electron chi connectivity index (χ3n) is 2.14. The first-order valence-electron chi connectivity index (χ1n) is 4.50. The summed E-state index contributed by atoms with van der Waals surface area (Å²) < 4.78 is 5.26. The molecular formula is C9H21NO. The van der Waals surface area contributed by atoms with Crippen LogP contribution in [-0.2, 0) is 4.74 Å². The number of ether oxygens (including phenoxy) is 1. The molecule has 0 fully saturated rings. The molecule has 0 radical (unpaired) electrons. The van der Waals surface area contributed by atoms with E-state index in [9.17, 15) is 0 Å². The lowest BCUT2D eigenvalue weighted by molar-refractivity contribution is 0.109. The zero-order valence-electron chi connectivity index (χ0n) is 8.26. The van der Waals surface area contributed by atoms with Gasteiger partial charge in [-0.15, -0.1) is 0 Å². The zero-order valence-corrected chi connectivity index (χ0v) is 8.26. The SMILES string of the molecule is CCOCCN(C)C(C)CC. The van der Waals surface area contributed by atoms with Gasteiger partial charge in [0.15, 0.2) is 0 Å². The van der Waals surface area contributed by atoms with Gasteiger partial charge in [-0.25, -0.2) is 0 Å². The Morgan fingerprint density at radius 2 is 2.00 bits per heavy atom. The fourth-order valence-corrected chi connectivity index (χ4v) is 0.885. The lowest BCUT2D eigenvalue weighted by Crippen LogP contribution is -2.31. The highest BCUT2D eigenvalue weighted by Gasteiger charge is 2.04. The first-order valence-corrected chi connectivity index (χ1v) is 4.50. The van der Waals surface area contributed by atoms with Crippen LogP contribution in [0.25, 0.3) is 0 Å². The zero-order chi connectivity index (χ0) is 8.69. The fourth-order valence-electron chi connectivity index (χ4n) is 0.885. The van der Waals surface area contributed by atoms with Gasteiger partial charge in [0.05, 0.1) is 6.61 Å². The normalized spacial score (nSPS) is 13.9. The molecule has 0 saturated heterocycles. The molecule has 0 aliphatic rings. The van der Waals surface area contributed by atoms with E-state index in [0.29, 0.717) is 6.04 Å². The van der Waals surface area contributed by atoms with Crippen molar-refractivity contribution in [1.82, 2.24) is 4.90 Å².